The van der Waals surface area contributed by atoms with Gasteiger partial charge in [0.2, 0.25) is 11.9 Å². The van der Waals surface area contributed by atoms with Gasteiger partial charge in [-0.05, 0) is 25.0 Å². The van der Waals surface area contributed by atoms with Gasteiger partial charge in [-0.25, -0.2) is 9.98 Å². The van der Waals surface area contributed by atoms with Crippen molar-refractivity contribution in [3.05, 3.63) is 24.4 Å². The molecule has 1 aromatic heterocycles. The predicted octanol–water partition coefficient (Wildman–Crippen LogP) is 1.92. The summed E-state index contributed by atoms with van der Waals surface area (Å²) in [6.07, 6.45) is 7.87. The fourth-order valence-electron chi connectivity index (χ4n) is 4.49. The van der Waals surface area contributed by atoms with Crippen molar-refractivity contribution in [2.45, 2.75) is 44.1 Å². The number of guanidine groups is 1. The van der Waals surface area contributed by atoms with Crippen LogP contribution in [-0.2, 0) is 4.79 Å². The monoisotopic (exact) mass is 366 g/mol. The first-order valence-corrected chi connectivity index (χ1v) is 9.93. The summed E-state index contributed by atoms with van der Waals surface area (Å²) in [5, 5.41) is 12.5. The van der Waals surface area contributed by atoms with Crippen LogP contribution in [0.4, 0.5) is 5.82 Å². The smallest absolute Gasteiger partial charge is 0.246 e. The molecule has 2 fully saturated rings. The number of rotatable bonds is 1. The van der Waals surface area contributed by atoms with Crippen LogP contribution in [-0.4, -0.2) is 53.5 Å². The first-order valence-electron chi connectivity index (χ1n) is 9.93. The van der Waals surface area contributed by atoms with E-state index < -0.39 is 11.5 Å². The topological polar surface area (TPSA) is 84.6 Å². The molecule has 1 atom stereocenters. The SMILES string of the molecule is N#CC1C(=O)NC(N2CCN(c3ccccn3)CC2)=NC12CCCCCC2. The molecule has 1 aliphatic carbocycles. The van der Waals surface area contributed by atoms with E-state index in [0.717, 1.165) is 70.5 Å². The maximum atomic E-state index is 12.7. The number of aliphatic imine (C=N–C) groups is 1. The third-order valence-electron chi connectivity index (χ3n) is 6.01. The highest BCUT2D eigenvalue weighted by molar-refractivity contribution is 6.02. The lowest BCUT2D eigenvalue weighted by Gasteiger charge is -2.42. The molecule has 0 bridgehead atoms. The maximum Gasteiger partial charge on any atom is 0.246 e. The number of aromatic nitrogens is 1. The van der Waals surface area contributed by atoms with Gasteiger partial charge in [-0.15, -0.1) is 0 Å². The van der Waals surface area contributed by atoms with Crippen molar-refractivity contribution in [2.75, 3.05) is 31.1 Å². The van der Waals surface area contributed by atoms with Crippen LogP contribution in [0.1, 0.15) is 38.5 Å². The number of anilines is 1. The number of hydrogen-bond acceptors (Lipinski definition) is 6. The van der Waals surface area contributed by atoms with E-state index in [4.69, 9.17) is 4.99 Å². The van der Waals surface area contributed by atoms with E-state index in [2.05, 4.69) is 26.2 Å². The van der Waals surface area contributed by atoms with E-state index in [9.17, 15) is 10.1 Å². The summed E-state index contributed by atoms with van der Waals surface area (Å²) >= 11 is 0. The molecule has 4 rings (SSSR count). The highest BCUT2D eigenvalue weighted by Gasteiger charge is 2.47. The van der Waals surface area contributed by atoms with Crippen LogP contribution >= 0.6 is 0 Å². The number of nitrogens with one attached hydrogen (secondary N) is 1. The summed E-state index contributed by atoms with van der Waals surface area (Å²) < 4.78 is 0. The summed E-state index contributed by atoms with van der Waals surface area (Å²) in [4.78, 5) is 26.5. The number of nitrogens with zero attached hydrogens (tertiary/aromatic N) is 5. The van der Waals surface area contributed by atoms with Gasteiger partial charge in [-0.2, -0.15) is 5.26 Å². The molecule has 0 radical (unpaired) electrons. The second-order valence-electron chi connectivity index (χ2n) is 7.67. The first-order chi connectivity index (χ1) is 13.2. The van der Waals surface area contributed by atoms with Gasteiger partial charge in [0.05, 0.1) is 11.6 Å². The Morgan fingerprint density at radius 3 is 2.41 bits per heavy atom. The fourth-order valence-corrected chi connectivity index (χ4v) is 4.49. The lowest BCUT2D eigenvalue weighted by atomic mass is 9.77. The van der Waals surface area contributed by atoms with Crippen molar-refractivity contribution in [1.82, 2.24) is 15.2 Å². The Labute approximate surface area is 160 Å². The van der Waals surface area contributed by atoms with Crippen LogP contribution in [0.15, 0.2) is 29.4 Å². The zero-order valence-electron chi connectivity index (χ0n) is 15.6. The van der Waals surface area contributed by atoms with Crippen molar-refractivity contribution in [3.8, 4) is 6.07 Å². The molecule has 3 aliphatic rings. The summed E-state index contributed by atoms with van der Waals surface area (Å²) in [6.45, 7) is 3.23. The minimum atomic E-state index is -0.672. The molecular weight excluding hydrogens is 340 g/mol. The van der Waals surface area contributed by atoms with Crippen LogP contribution in [0.3, 0.4) is 0 Å². The molecule has 1 saturated carbocycles. The maximum absolute atomic E-state index is 12.7. The van der Waals surface area contributed by atoms with Gasteiger partial charge in [0, 0.05) is 32.4 Å². The standard InChI is InChI=1S/C20H26N6O/c21-15-16-18(27)23-19(24-20(16)8-4-1-2-5-9-20)26-13-11-25(12-14-26)17-7-3-6-10-22-17/h3,6-7,10,16H,1-2,4-5,8-9,11-14H2,(H,23,24,27). The van der Waals surface area contributed by atoms with Crippen LogP contribution in [0.25, 0.3) is 0 Å². The molecule has 27 heavy (non-hydrogen) atoms. The van der Waals surface area contributed by atoms with Gasteiger partial charge < -0.3 is 9.80 Å². The van der Waals surface area contributed by atoms with Crippen molar-refractivity contribution in [1.29, 1.82) is 5.26 Å². The largest absolute Gasteiger partial charge is 0.353 e. The van der Waals surface area contributed by atoms with E-state index >= 15 is 0 Å². The molecule has 1 unspecified atom stereocenters. The number of amides is 1. The van der Waals surface area contributed by atoms with Gasteiger partial charge in [0.1, 0.15) is 5.82 Å². The molecule has 7 nitrogen and oxygen atoms in total. The Bertz CT molecular complexity index is 739. The second kappa shape index (κ2) is 7.55. The number of carbonyl (C=O) groups is 1. The molecule has 1 aromatic rings. The quantitative estimate of drug-likeness (QED) is 0.821. The third kappa shape index (κ3) is 3.48. The van der Waals surface area contributed by atoms with E-state index in [1.807, 2.05) is 24.4 Å². The van der Waals surface area contributed by atoms with E-state index in [0.29, 0.717) is 5.96 Å². The van der Waals surface area contributed by atoms with Gasteiger partial charge in [-0.1, -0.05) is 31.7 Å². The van der Waals surface area contributed by atoms with Crippen LogP contribution in [0.5, 0.6) is 0 Å². The Balaban J connectivity index is 1.52. The third-order valence-corrected chi connectivity index (χ3v) is 6.01. The molecule has 1 amide bonds. The molecule has 7 heteroatoms. The summed E-state index contributed by atoms with van der Waals surface area (Å²) in [5.41, 5.74) is -0.541. The van der Waals surface area contributed by atoms with Crippen molar-refractivity contribution >= 4 is 17.7 Å². The molecule has 1 saturated heterocycles. The van der Waals surface area contributed by atoms with Gasteiger partial charge in [0.15, 0.2) is 5.92 Å². The van der Waals surface area contributed by atoms with Crippen LogP contribution < -0.4 is 10.2 Å². The van der Waals surface area contributed by atoms with E-state index in [1.165, 1.54) is 0 Å². The second-order valence-corrected chi connectivity index (χ2v) is 7.67. The Hall–Kier alpha value is -2.62. The lowest BCUT2D eigenvalue weighted by Crippen LogP contribution is -2.60. The highest BCUT2D eigenvalue weighted by atomic mass is 16.2. The van der Waals surface area contributed by atoms with Crippen LogP contribution in [0, 0.1) is 17.2 Å². The molecule has 1 spiro atoms. The number of pyridine rings is 1. The van der Waals surface area contributed by atoms with Crippen molar-refractivity contribution in [2.24, 2.45) is 10.9 Å². The summed E-state index contributed by atoms with van der Waals surface area (Å²) in [5.74, 6) is 0.788. The molecule has 1 N–H and O–H groups in total. The summed E-state index contributed by atoms with van der Waals surface area (Å²) in [7, 11) is 0. The highest BCUT2D eigenvalue weighted by Crippen LogP contribution is 2.39. The molecule has 142 valence electrons. The Kier molecular flexibility index (Phi) is 4.97. The Morgan fingerprint density at radius 2 is 1.78 bits per heavy atom. The molecule has 3 heterocycles. The number of carbonyl (C=O) groups excluding carboxylic acids is 1. The number of hydrogen-bond donors (Lipinski definition) is 1. The summed E-state index contributed by atoms with van der Waals surface area (Å²) in [6, 6.07) is 8.18. The predicted molar refractivity (Wildman–Crippen MR) is 103 cm³/mol. The minimum Gasteiger partial charge on any atom is -0.353 e. The average molecular weight is 366 g/mol. The van der Waals surface area contributed by atoms with E-state index in [1.54, 1.807) is 0 Å². The normalized spacial score (nSPS) is 25.4. The molecule has 0 aromatic carbocycles. The number of nitriles is 1. The molecule has 2 aliphatic heterocycles. The van der Waals surface area contributed by atoms with Gasteiger partial charge in [-0.3, -0.25) is 10.1 Å². The Morgan fingerprint density at radius 1 is 1.07 bits per heavy atom. The lowest BCUT2D eigenvalue weighted by molar-refractivity contribution is -0.124. The zero-order valence-corrected chi connectivity index (χ0v) is 15.6. The van der Waals surface area contributed by atoms with Crippen molar-refractivity contribution in [3.63, 3.8) is 0 Å². The average Bonchev–Trinajstić information content (AvgIpc) is 2.94. The fraction of sp³-hybridized carbons (Fsp3) is 0.600. The minimum absolute atomic E-state index is 0.184. The van der Waals surface area contributed by atoms with Crippen molar-refractivity contribution < 1.29 is 4.79 Å². The number of piperazine rings is 1. The van der Waals surface area contributed by atoms with Gasteiger partial charge >= 0.3 is 0 Å². The first kappa shape index (κ1) is 17.8. The van der Waals surface area contributed by atoms with Gasteiger partial charge in [0.25, 0.3) is 0 Å². The molecular formula is C20H26N6O. The van der Waals surface area contributed by atoms with Crippen LogP contribution in [0.2, 0.25) is 0 Å². The zero-order chi connectivity index (χ0) is 18.7. The van der Waals surface area contributed by atoms with E-state index in [-0.39, 0.29) is 5.91 Å².